The summed E-state index contributed by atoms with van der Waals surface area (Å²) in [6.07, 6.45) is 0.208. The number of amides is 2. The fourth-order valence-electron chi connectivity index (χ4n) is 1.46. The summed E-state index contributed by atoms with van der Waals surface area (Å²) < 4.78 is 0. The summed E-state index contributed by atoms with van der Waals surface area (Å²) in [5.74, 6) is -0.469. The van der Waals surface area contributed by atoms with E-state index in [1.807, 2.05) is 20.8 Å². The molecule has 0 radical (unpaired) electrons. The number of rotatable bonds is 5. The van der Waals surface area contributed by atoms with Gasteiger partial charge in [0.25, 0.3) is 0 Å². The first-order chi connectivity index (χ1) is 8.76. The van der Waals surface area contributed by atoms with Gasteiger partial charge in [0.05, 0.1) is 13.0 Å². The normalized spacial score (nSPS) is 11.1. The number of anilines is 1. The third-order valence-electron chi connectivity index (χ3n) is 2.40. The van der Waals surface area contributed by atoms with Gasteiger partial charge in [0, 0.05) is 11.2 Å². The van der Waals surface area contributed by atoms with Crippen molar-refractivity contribution in [1.29, 1.82) is 0 Å². The van der Waals surface area contributed by atoms with Crippen molar-refractivity contribution in [2.45, 2.75) is 32.7 Å². The van der Waals surface area contributed by atoms with E-state index in [1.165, 1.54) is 0 Å². The smallest absolute Gasteiger partial charge is 0.238 e. The fourth-order valence-corrected chi connectivity index (χ4v) is 1.46. The maximum absolute atomic E-state index is 11.7. The molecule has 4 N–H and O–H groups in total. The molecule has 0 aliphatic rings. The van der Waals surface area contributed by atoms with E-state index in [4.69, 9.17) is 5.73 Å². The molecule has 0 unspecified atom stereocenters. The Morgan fingerprint density at radius 2 is 1.74 bits per heavy atom. The highest BCUT2D eigenvalue weighted by Gasteiger charge is 2.11. The third-order valence-corrected chi connectivity index (χ3v) is 2.40. The molecule has 5 nitrogen and oxygen atoms in total. The molecule has 1 rings (SSSR count). The lowest BCUT2D eigenvalue weighted by molar-refractivity contribution is -0.117. The van der Waals surface area contributed by atoms with Gasteiger partial charge in [-0.05, 0) is 38.5 Å². The molecular weight excluding hydrogens is 242 g/mol. The Balaban J connectivity index is 2.49. The van der Waals surface area contributed by atoms with Crippen molar-refractivity contribution in [2.75, 3.05) is 11.9 Å². The zero-order chi connectivity index (χ0) is 14.5. The fraction of sp³-hybridized carbons (Fsp3) is 0.429. The van der Waals surface area contributed by atoms with Crippen LogP contribution in [0, 0.1) is 0 Å². The summed E-state index contributed by atoms with van der Waals surface area (Å²) >= 11 is 0. The lowest BCUT2D eigenvalue weighted by Gasteiger charge is -2.20. The van der Waals surface area contributed by atoms with Crippen molar-refractivity contribution in [2.24, 2.45) is 5.73 Å². The number of nitrogens with one attached hydrogen (secondary N) is 2. The van der Waals surface area contributed by atoms with Crippen LogP contribution in [-0.2, 0) is 16.0 Å². The molecule has 19 heavy (non-hydrogen) atoms. The number of hydrogen-bond donors (Lipinski definition) is 3. The Labute approximate surface area is 113 Å². The van der Waals surface area contributed by atoms with E-state index in [0.29, 0.717) is 5.69 Å². The van der Waals surface area contributed by atoms with Gasteiger partial charge in [0.2, 0.25) is 11.8 Å². The van der Waals surface area contributed by atoms with Gasteiger partial charge in [-0.2, -0.15) is 0 Å². The highest BCUT2D eigenvalue weighted by Crippen LogP contribution is 2.10. The van der Waals surface area contributed by atoms with E-state index in [-0.39, 0.29) is 30.3 Å². The first-order valence-corrected chi connectivity index (χ1v) is 6.18. The van der Waals surface area contributed by atoms with Crippen LogP contribution in [0.4, 0.5) is 5.69 Å². The molecule has 0 saturated heterocycles. The highest BCUT2D eigenvalue weighted by molar-refractivity contribution is 5.92. The average molecular weight is 263 g/mol. The molecule has 0 bridgehead atoms. The molecule has 0 aliphatic carbocycles. The third kappa shape index (κ3) is 6.57. The molecule has 0 heterocycles. The minimum atomic E-state index is -0.369. The number of carbonyl (C=O) groups excluding carboxylic acids is 2. The van der Waals surface area contributed by atoms with Crippen LogP contribution in [0.3, 0.4) is 0 Å². The van der Waals surface area contributed by atoms with Gasteiger partial charge in [-0.3, -0.25) is 9.59 Å². The molecule has 2 amide bonds. The van der Waals surface area contributed by atoms with Crippen molar-refractivity contribution in [3.8, 4) is 0 Å². The van der Waals surface area contributed by atoms with Crippen LogP contribution >= 0.6 is 0 Å². The van der Waals surface area contributed by atoms with Crippen LogP contribution in [0.15, 0.2) is 24.3 Å². The first-order valence-electron chi connectivity index (χ1n) is 6.18. The lowest BCUT2D eigenvalue weighted by atomic mass is 10.1. The minimum absolute atomic E-state index is 0.0946. The zero-order valence-electron chi connectivity index (χ0n) is 11.6. The van der Waals surface area contributed by atoms with Gasteiger partial charge in [0.1, 0.15) is 0 Å². The number of primary amides is 1. The average Bonchev–Trinajstić information content (AvgIpc) is 2.28. The maximum atomic E-state index is 11.7. The summed E-state index contributed by atoms with van der Waals surface area (Å²) in [4.78, 5) is 22.4. The monoisotopic (exact) mass is 263 g/mol. The molecule has 0 aromatic heterocycles. The number of nitrogens with two attached hydrogens (primary N) is 1. The van der Waals surface area contributed by atoms with Crippen LogP contribution in [-0.4, -0.2) is 23.9 Å². The predicted octanol–water partition coefficient (Wildman–Crippen LogP) is 1.04. The molecule has 104 valence electrons. The Kier molecular flexibility index (Phi) is 5.06. The predicted molar refractivity (Wildman–Crippen MR) is 75.7 cm³/mol. The molecule has 0 aliphatic heterocycles. The van der Waals surface area contributed by atoms with Crippen molar-refractivity contribution in [1.82, 2.24) is 5.32 Å². The topological polar surface area (TPSA) is 84.2 Å². The second-order valence-corrected chi connectivity index (χ2v) is 5.49. The zero-order valence-corrected chi connectivity index (χ0v) is 11.6. The Morgan fingerprint density at radius 3 is 2.21 bits per heavy atom. The summed E-state index contributed by atoms with van der Waals surface area (Å²) in [6, 6.07) is 7.07. The van der Waals surface area contributed by atoms with E-state index in [1.54, 1.807) is 24.3 Å². The highest BCUT2D eigenvalue weighted by atomic mass is 16.2. The summed E-state index contributed by atoms with van der Waals surface area (Å²) in [5.41, 5.74) is 6.55. The second-order valence-electron chi connectivity index (χ2n) is 5.49. The lowest BCUT2D eigenvalue weighted by Crippen LogP contribution is -2.41. The summed E-state index contributed by atoms with van der Waals surface area (Å²) in [6.45, 7) is 6.25. The molecule has 0 spiro atoms. The quantitative estimate of drug-likeness (QED) is 0.742. The van der Waals surface area contributed by atoms with Crippen LogP contribution in [0.25, 0.3) is 0 Å². The van der Waals surface area contributed by atoms with E-state index < -0.39 is 0 Å². The van der Waals surface area contributed by atoms with Crippen molar-refractivity contribution >= 4 is 17.5 Å². The van der Waals surface area contributed by atoms with Crippen molar-refractivity contribution < 1.29 is 9.59 Å². The van der Waals surface area contributed by atoms with Gasteiger partial charge in [-0.15, -0.1) is 0 Å². The summed E-state index contributed by atoms with van der Waals surface area (Å²) in [5, 5.41) is 5.88. The van der Waals surface area contributed by atoms with E-state index in [2.05, 4.69) is 10.6 Å². The number of carbonyl (C=O) groups is 2. The van der Waals surface area contributed by atoms with Gasteiger partial charge in [-0.1, -0.05) is 12.1 Å². The first kappa shape index (κ1) is 15.2. The van der Waals surface area contributed by atoms with E-state index in [0.717, 1.165) is 5.56 Å². The Hall–Kier alpha value is -1.88. The van der Waals surface area contributed by atoms with E-state index >= 15 is 0 Å². The number of benzene rings is 1. The van der Waals surface area contributed by atoms with Gasteiger partial charge >= 0.3 is 0 Å². The van der Waals surface area contributed by atoms with E-state index in [9.17, 15) is 9.59 Å². The SMILES string of the molecule is CC(C)(C)NCC(=O)Nc1ccc(CC(N)=O)cc1. The van der Waals surface area contributed by atoms with Crippen LogP contribution in [0.2, 0.25) is 0 Å². The summed E-state index contributed by atoms with van der Waals surface area (Å²) in [7, 11) is 0. The van der Waals surface area contributed by atoms with Gasteiger partial charge in [0.15, 0.2) is 0 Å². The van der Waals surface area contributed by atoms with Crippen LogP contribution < -0.4 is 16.4 Å². The van der Waals surface area contributed by atoms with Crippen LogP contribution in [0.5, 0.6) is 0 Å². The maximum Gasteiger partial charge on any atom is 0.238 e. The largest absolute Gasteiger partial charge is 0.369 e. The van der Waals surface area contributed by atoms with Crippen molar-refractivity contribution in [3.05, 3.63) is 29.8 Å². The second kappa shape index (κ2) is 6.33. The molecule has 1 aromatic carbocycles. The van der Waals surface area contributed by atoms with Gasteiger partial charge in [-0.25, -0.2) is 0 Å². The molecule has 5 heteroatoms. The minimum Gasteiger partial charge on any atom is -0.369 e. The molecular formula is C14H21N3O2. The Bertz CT molecular complexity index is 447. The molecule has 1 aromatic rings. The van der Waals surface area contributed by atoms with Gasteiger partial charge < -0.3 is 16.4 Å². The molecule has 0 saturated carbocycles. The van der Waals surface area contributed by atoms with Crippen molar-refractivity contribution in [3.63, 3.8) is 0 Å². The standard InChI is InChI=1S/C14H21N3O2/c1-14(2,3)16-9-13(19)17-11-6-4-10(5-7-11)8-12(15)18/h4-7,16H,8-9H2,1-3H3,(H2,15,18)(H,17,19). The Morgan fingerprint density at radius 1 is 1.16 bits per heavy atom. The molecule has 0 fully saturated rings. The van der Waals surface area contributed by atoms with Crippen LogP contribution in [0.1, 0.15) is 26.3 Å². The molecule has 0 atom stereocenters. The number of hydrogen-bond acceptors (Lipinski definition) is 3.